The SMILES string of the molecule is CCCCCCCCCCc1ccc2ccccc2[n+]1CC(=O)c1ccccc1. The van der Waals surface area contributed by atoms with Crippen molar-refractivity contribution in [3.05, 3.63) is 78.0 Å². The number of carbonyl (C=O) groups is 1. The maximum absolute atomic E-state index is 12.9. The molecular weight excluding hydrogens is 354 g/mol. The summed E-state index contributed by atoms with van der Waals surface area (Å²) in [5, 5.41) is 1.19. The molecule has 3 rings (SSSR count). The van der Waals surface area contributed by atoms with Crippen LogP contribution in [0.1, 0.15) is 74.3 Å². The van der Waals surface area contributed by atoms with Gasteiger partial charge in [0.05, 0.1) is 0 Å². The van der Waals surface area contributed by atoms with Gasteiger partial charge in [0, 0.05) is 29.5 Å². The van der Waals surface area contributed by atoms with E-state index in [1.807, 2.05) is 30.3 Å². The van der Waals surface area contributed by atoms with Gasteiger partial charge >= 0.3 is 0 Å². The van der Waals surface area contributed by atoms with Gasteiger partial charge in [-0.25, -0.2) is 0 Å². The number of benzene rings is 2. The van der Waals surface area contributed by atoms with E-state index in [2.05, 4.69) is 47.9 Å². The molecule has 0 saturated carbocycles. The van der Waals surface area contributed by atoms with Crippen LogP contribution in [0.5, 0.6) is 0 Å². The third kappa shape index (κ3) is 6.25. The molecular formula is C27H34NO+. The Balaban J connectivity index is 1.67. The zero-order valence-electron chi connectivity index (χ0n) is 17.8. The molecule has 2 nitrogen and oxygen atoms in total. The fourth-order valence-corrected chi connectivity index (χ4v) is 4.01. The lowest BCUT2D eigenvalue weighted by Gasteiger charge is -2.08. The van der Waals surface area contributed by atoms with Crippen molar-refractivity contribution in [2.75, 3.05) is 0 Å². The van der Waals surface area contributed by atoms with Gasteiger partial charge in [0.15, 0.2) is 5.69 Å². The van der Waals surface area contributed by atoms with E-state index in [0.29, 0.717) is 6.54 Å². The Morgan fingerprint density at radius 2 is 1.38 bits per heavy atom. The number of pyridine rings is 1. The number of para-hydroxylation sites is 1. The first-order valence-corrected chi connectivity index (χ1v) is 11.3. The maximum Gasteiger partial charge on any atom is 0.227 e. The van der Waals surface area contributed by atoms with Crippen molar-refractivity contribution in [2.45, 2.75) is 71.3 Å². The summed E-state index contributed by atoms with van der Waals surface area (Å²) in [5.41, 5.74) is 3.19. The second kappa shape index (κ2) is 11.5. The van der Waals surface area contributed by atoms with Crippen LogP contribution in [0.3, 0.4) is 0 Å². The lowest BCUT2D eigenvalue weighted by atomic mass is 10.0. The van der Waals surface area contributed by atoms with E-state index in [0.717, 1.165) is 17.5 Å². The van der Waals surface area contributed by atoms with Gasteiger partial charge in [-0.15, -0.1) is 0 Å². The smallest absolute Gasteiger partial charge is 0.227 e. The second-order valence-corrected chi connectivity index (χ2v) is 7.98. The minimum Gasteiger partial charge on any atom is -0.287 e. The van der Waals surface area contributed by atoms with E-state index in [9.17, 15) is 4.79 Å². The van der Waals surface area contributed by atoms with E-state index in [1.165, 1.54) is 62.4 Å². The Morgan fingerprint density at radius 1 is 0.724 bits per heavy atom. The zero-order valence-corrected chi connectivity index (χ0v) is 17.8. The van der Waals surface area contributed by atoms with Crippen molar-refractivity contribution in [3.63, 3.8) is 0 Å². The quantitative estimate of drug-likeness (QED) is 0.192. The van der Waals surface area contributed by atoms with Crippen LogP contribution in [0, 0.1) is 0 Å². The van der Waals surface area contributed by atoms with Crippen molar-refractivity contribution >= 4 is 16.7 Å². The van der Waals surface area contributed by atoms with Crippen molar-refractivity contribution in [2.24, 2.45) is 0 Å². The number of hydrogen-bond donors (Lipinski definition) is 0. The molecule has 29 heavy (non-hydrogen) atoms. The van der Waals surface area contributed by atoms with Crippen LogP contribution in [-0.2, 0) is 13.0 Å². The molecule has 1 heterocycles. The number of carbonyl (C=O) groups excluding carboxylic acids is 1. The van der Waals surface area contributed by atoms with Gasteiger partial charge in [0.25, 0.3) is 0 Å². The molecule has 0 amide bonds. The fraction of sp³-hybridized carbons (Fsp3) is 0.407. The van der Waals surface area contributed by atoms with Crippen LogP contribution in [0.15, 0.2) is 66.7 Å². The van der Waals surface area contributed by atoms with Crippen LogP contribution in [-0.4, -0.2) is 5.78 Å². The molecule has 2 aromatic carbocycles. The van der Waals surface area contributed by atoms with E-state index >= 15 is 0 Å². The van der Waals surface area contributed by atoms with Crippen LogP contribution >= 0.6 is 0 Å². The van der Waals surface area contributed by atoms with Gasteiger partial charge in [-0.2, -0.15) is 4.57 Å². The molecule has 0 unspecified atom stereocenters. The number of fused-ring (bicyclic) bond motifs is 1. The highest BCUT2D eigenvalue weighted by Gasteiger charge is 2.19. The van der Waals surface area contributed by atoms with Crippen LogP contribution in [0.25, 0.3) is 10.9 Å². The topological polar surface area (TPSA) is 20.9 Å². The molecule has 0 aliphatic carbocycles. The van der Waals surface area contributed by atoms with Crippen molar-refractivity contribution in [1.82, 2.24) is 0 Å². The van der Waals surface area contributed by atoms with Gasteiger partial charge in [-0.1, -0.05) is 94.3 Å². The monoisotopic (exact) mass is 388 g/mol. The Labute approximate surface area is 175 Å². The molecule has 152 valence electrons. The highest BCUT2D eigenvalue weighted by molar-refractivity contribution is 5.95. The normalized spacial score (nSPS) is 11.1. The third-order valence-electron chi connectivity index (χ3n) is 5.71. The van der Waals surface area contributed by atoms with Crippen LogP contribution in [0.4, 0.5) is 0 Å². The fourth-order valence-electron chi connectivity index (χ4n) is 4.01. The minimum atomic E-state index is 0.170. The average molecular weight is 389 g/mol. The number of ketones is 1. The summed E-state index contributed by atoms with van der Waals surface area (Å²) in [6.07, 6.45) is 11.6. The number of aryl methyl sites for hydroxylation is 1. The second-order valence-electron chi connectivity index (χ2n) is 7.98. The van der Waals surface area contributed by atoms with Gasteiger partial charge in [-0.05, 0) is 18.6 Å². The van der Waals surface area contributed by atoms with Crippen molar-refractivity contribution in [3.8, 4) is 0 Å². The van der Waals surface area contributed by atoms with E-state index in [4.69, 9.17) is 0 Å². The predicted octanol–water partition coefficient (Wildman–Crippen LogP) is 6.69. The van der Waals surface area contributed by atoms with Gasteiger partial charge < -0.3 is 0 Å². The Morgan fingerprint density at radius 3 is 2.14 bits per heavy atom. The lowest BCUT2D eigenvalue weighted by Crippen LogP contribution is -2.42. The molecule has 0 N–H and O–H groups in total. The maximum atomic E-state index is 12.9. The van der Waals surface area contributed by atoms with E-state index in [-0.39, 0.29) is 5.78 Å². The first-order chi connectivity index (χ1) is 14.3. The highest BCUT2D eigenvalue weighted by Crippen LogP contribution is 2.14. The summed E-state index contributed by atoms with van der Waals surface area (Å²) in [5.74, 6) is 0.170. The summed E-state index contributed by atoms with van der Waals surface area (Å²) >= 11 is 0. The first kappa shape index (κ1) is 21.2. The number of aromatic nitrogens is 1. The summed E-state index contributed by atoms with van der Waals surface area (Å²) < 4.78 is 2.23. The van der Waals surface area contributed by atoms with Crippen molar-refractivity contribution in [1.29, 1.82) is 0 Å². The number of hydrogen-bond acceptors (Lipinski definition) is 1. The number of rotatable bonds is 12. The molecule has 3 aromatic rings. The minimum absolute atomic E-state index is 0.170. The summed E-state index contributed by atoms with van der Waals surface area (Å²) in [7, 11) is 0. The summed E-state index contributed by atoms with van der Waals surface area (Å²) in [4.78, 5) is 12.9. The first-order valence-electron chi connectivity index (χ1n) is 11.3. The number of nitrogens with zero attached hydrogens (tertiary/aromatic N) is 1. The predicted molar refractivity (Wildman–Crippen MR) is 121 cm³/mol. The van der Waals surface area contributed by atoms with Gasteiger partial charge in [0.2, 0.25) is 17.8 Å². The van der Waals surface area contributed by atoms with E-state index < -0.39 is 0 Å². The molecule has 0 radical (unpaired) electrons. The molecule has 0 bridgehead atoms. The zero-order chi connectivity index (χ0) is 20.3. The molecule has 0 saturated heterocycles. The summed E-state index contributed by atoms with van der Waals surface area (Å²) in [6, 6.07) is 22.4. The molecule has 0 spiro atoms. The largest absolute Gasteiger partial charge is 0.287 e. The van der Waals surface area contributed by atoms with E-state index in [1.54, 1.807) is 0 Å². The standard InChI is InChI=1S/C27H34NO/c1-2-3-4-5-6-7-8-12-18-25-21-20-23-15-13-14-19-26(23)28(25)22-27(29)24-16-10-9-11-17-24/h9-11,13-17,19-21H,2-8,12,18,22H2,1H3/q+1. The summed E-state index contributed by atoms with van der Waals surface area (Å²) in [6.45, 7) is 2.67. The number of unbranched alkanes of at least 4 members (excludes halogenated alkanes) is 7. The van der Waals surface area contributed by atoms with Gasteiger partial charge in [0.1, 0.15) is 0 Å². The molecule has 0 fully saturated rings. The van der Waals surface area contributed by atoms with Crippen LogP contribution < -0.4 is 4.57 Å². The lowest BCUT2D eigenvalue weighted by molar-refractivity contribution is -0.664. The average Bonchev–Trinajstić information content (AvgIpc) is 2.77. The Kier molecular flexibility index (Phi) is 8.42. The van der Waals surface area contributed by atoms with Gasteiger partial charge in [-0.3, -0.25) is 4.79 Å². The third-order valence-corrected chi connectivity index (χ3v) is 5.71. The highest BCUT2D eigenvalue weighted by atomic mass is 16.1. The Bertz CT molecular complexity index is 901. The molecule has 1 aromatic heterocycles. The van der Waals surface area contributed by atoms with Crippen LogP contribution in [0.2, 0.25) is 0 Å². The molecule has 0 aliphatic rings. The molecule has 2 heteroatoms. The Hall–Kier alpha value is -2.48. The van der Waals surface area contributed by atoms with Crippen molar-refractivity contribution < 1.29 is 9.36 Å². The molecule has 0 atom stereocenters. The molecule has 0 aliphatic heterocycles. The number of Topliss-reactive ketones (excluding diaryl/α,β-unsaturated/α-hetero) is 1.